The van der Waals surface area contributed by atoms with Gasteiger partial charge in [0.1, 0.15) is 35.3 Å². The normalized spacial score (nSPS) is 12.3. The molecule has 2 N–H and O–H groups in total. The molecule has 2 aromatic heterocycles. The van der Waals surface area contributed by atoms with Crippen molar-refractivity contribution in [3.63, 3.8) is 0 Å². The number of hydrogen-bond donors (Lipinski definition) is 2. The molecule has 2 heterocycles. The Labute approximate surface area is 148 Å². The largest absolute Gasteiger partial charge is 0.491 e. The third kappa shape index (κ3) is 4.14. The molecule has 1 atom stereocenters. The van der Waals surface area contributed by atoms with Gasteiger partial charge in [-0.15, -0.1) is 11.3 Å². The van der Waals surface area contributed by atoms with Gasteiger partial charge in [0.05, 0.1) is 0 Å². The van der Waals surface area contributed by atoms with Crippen LogP contribution in [-0.4, -0.2) is 45.6 Å². The summed E-state index contributed by atoms with van der Waals surface area (Å²) in [4.78, 5) is 12.8. The van der Waals surface area contributed by atoms with E-state index in [1.165, 1.54) is 17.7 Å². The molecule has 126 valence electrons. The Morgan fingerprint density at radius 2 is 2.25 bits per heavy atom. The first-order valence-electron chi connectivity index (χ1n) is 7.42. The maximum atomic E-state index is 10.1. The van der Waals surface area contributed by atoms with Gasteiger partial charge in [-0.25, -0.2) is 15.0 Å². The molecule has 3 rings (SSSR count). The Hall–Kier alpha value is -1.90. The van der Waals surface area contributed by atoms with Crippen LogP contribution in [0.1, 0.15) is 5.56 Å². The van der Waals surface area contributed by atoms with Gasteiger partial charge in [0.25, 0.3) is 0 Å². The highest BCUT2D eigenvalue weighted by Crippen LogP contribution is 2.30. The van der Waals surface area contributed by atoms with Crippen LogP contribution in [0.15, 0.2) is 34.9 Å². The predicted molar refractivity (Wildman–Crippen MR) is 98.2 cm³/mol. The Morgan fingerprint density at radius 1 is 1.38 bits per heavy atom. The van der Waals surface area contributed by atoms with Gasteiger partial charge < -0.3 is 15.2 Å². The second-order valence-electron chi connectivity index (χ2n) is 5.22. The first kappa shape index (κ1) is 16.9. The minimum absolute atomic E-state index is 0.212. The molecular formula is C16H18N4O2S2. The number of aliphatic hydroxyl groups is 1. The van der Waals surface area contributed by atoms with E-state index in [9.17, 15) is 5.11 Å². The van der Waals surface area contributed by atoms with Gasteiger partial charge in [-0.2, -0.15) is 0 Å². The molecule has 0 fully saturated rings. The van der Waals surface area contributed by atoms with E-state index in [0.717, 1.165) is 20.4 Å². The van der Waals surface area contributed by atoms with Crippen LogP contribution in [0.25, 0.3) is 10.3 Å². The zero-order valence-corrected chi connectivity index (χ0v) is 15.0. The molecular weight excluding hydrogens is 344 g/mol. The van der Waals surface area contributed by atoms with Crippen molar-refractivity contribution in [2.24, 2.45) is 0 Å². The fraction of sp³-hybridized carbons (Fsp3) is 0.312. The van der Waals surface area contributed by atoms with Crippen LogP contribution in [0.4, 0.5) is 5.82 Å². The summed E-state index contributed by atoms with van der Waals surface area (Å²) < 4.78 is 7.45. The Balaban J connectivity index is 1.58. The number of hydrogen-bond acceptors (Lipinski definition) is 8. The van der Waals surface area contributed by atoms with Crippen molar-refractivity contribution in [2.75, 3.05) is 24.7 Å². The minimum atomic E-state index is -0.650. The average Bonchev–Trinajstić information content (AvgIpc) is 3.02. The minimum Gasteiger partial charge on any atom is -0.491 e. The highest BCUT2D eigenvalue weighted by Gasteiger charge is 2.12. The number of ether oxygens (including phenoxy) is 1. The van der Waals surface area contributed by atoms with E-state index in [-0.39, 0.29) is 6.61 Å². The van der Waals surface area contributed by atoms with Crippen molar-refractivity contribution in [1.82, 2.24) is 15.0 Å². The molecule has 0 bridgehead atoms. The molecule has 0 saturated carbocycles. The number of thiazole rings is 1. The average molecular weight is 362 g/mol. The van der Waals surface area contributed by atoms with Gasteiger partial charge in [-0.3, -0.25) is 0 Å². The monoisotopic (exact) mass is 362 g/mol. The van der Waals surface area contributed by atoms with Crippen LogP contribution >= 0.6 is 23.1 Å². The lowest BCUT2D eigenvalue weighted by Crippen LogP contribution is -2.26. The summed E-state index contributed by atoms with van der Waals surface area (Å²) in [6.07, 6.45) is 2.80. The molecule has 1 aromatic carbocycles. The Bertz CT molecular complexity index is 825. The van der Waals surface area contributed by atoms with Gasteiger partial charge in [0.15, 0.2) is 9.99 Å². The number of aliphatic hydroxyl groups excluding tert-OH is 1. The van der Waals surface area contributed by atoms with E-state index in [2.05, 4.69) is 20.3 Å². The number of rotatable bonds is 7. The second-order valence-corrected chi connectivity index (χ2v) is 7.27. The standard InChI is InChI=1S/C16H18N4O2S2/c1-10-4-3-5-12(6-10)22-8-11(21)7-17-14-13-15(19-9-18-14)20-16(23-2)24-13/h3-6,9,11,21H,7-8H2,1-2H3,(H,17,18,19). The first-order chi connectivity index (χ1) is 11.7. The van der Waals surface area contributed by atoms with Crippen molar-refractivity contribution in [1.29, 1.82) is 0 Å². The summed E-state index contributed by atoms with van der Waals surface area (Å²) in [5, 5.41) is 13.3. The van der Waals surface area contributed by atoms with Crippen LogP contribution in [0.2, 0.25) is 0 Å². The molecule has 6 nitrogen and oxygen atoms in total. The van der Waals surface area contributed by atoms with Crippen LogP contribution in [0.5, 0.6) is 5.75 Å². The molecule has 0 aliphatic heterocycles. The Morgan fingerprint density at radius 3 is 3.04 bits per heavy atom. The lowest BCUT2D eigenvalue weighted by Gasteiger charge is -2.14. The summed E-state index contributed by atoms with van der Waals surface area (Å²) in [5.41, 5.74) is 1.80. The molecule has 8 heteroatoms. The van der Waals surface area contributed by atoms with Crippen LogP contribution in [0, 0.1) is 6.92 Å². The van der Waals surface area contributed by atoms with Gasteiger partial charge in [0.2, 0.25) is 0 Å². The predicted octanol–water partition coefficient (Wildman–Crippen LogP) is 2.97. The van der Waals surface area contributed by atoms with Crippen LogP contribution < -0.4 is 10.1 Å². The van der Waals surface area contributed by atoms with E-state index in [1.807, 2.05) is 37.4 Å². The summed E-state index contributed by atoms with van der Waals surface area (Å²) in [6, 6.07) is 7.75. The summed E-state index contributed by atoms with van der Waals surface area (Å²) in [5.74, 6) is 1.44. The smallest absolute Gasteiger partial charge is 0.176 e. The van der Waals surface area contributed by atoms with Gasteiger partial charge >= 0.3 is 0 Å². The van der Waals surface area contributed by atoms with E-state index in [4.69, 9.17) is 4.74 Å². The summed E-state index contributed by atoms with van der Waals surface area (Å²) >= 11 is 3.12. The molecule has 1 unspecified atom stereocenters. The highest BCUT2D eigenvalue weighted by atomic mass is 32.2. The fourth-order valence-corrected chi connectivity index (χ4v) is 3.60. The van der Waals surface area contributed by atoms with Crippen molar-refractivity contribution in [2.45, 2.75) is 17.4 Å². The van der Waals surface area contributed by atoms with Crippen LogP contribution in [-0.2, 0) is 0 Å². The number of aryl methyl sites for hydroxylation is 1. The topological polar surface area (TPSA) is 80.2 Å². The third-order valence-electron chi connectivity index (χ3n) is 3.28. The number of fused-ring (bicyclic) bond motifs is 1. The van der Waals surface area contributed by atoms with E-state index in [0.29, 0.717) is 18.0 Å². The number of anilines is 1. The van der Waals surface area contributed by atoms with Crippen molar-refractivity contribution in [3.05, 3.63) is 36.2 Å². The van der Waals surface area contributed by atoms with Crippen molar-refractivity contribution in [3.8, 4) is 5.75 Å². The SMILES string of the molecule is CSc1nc2ncnc(NCC(O)COc3cccc(C)c3)c2s1. The summed E-state index contributed by atoms with van der Waals surface area (Å²) in [6.45, 7) is 2.55. The molecule has 0 aliphatic carbocycles. The van der Waals surface area contributed by atoms with Gasteiger partial charge in [0, 0.05) is 6.54 Å². The molecule has 3 aromatic rings. The number of thioether (sulfide) groups is 1. The number of nitrogens with one attached hydrogen (secondary N) is 1. The van der Waals surface area contributed by atoms with E-state index >= 15 is 0 Å². The summed E-state index contributed by atoms with van der Waals surface area (Å²) in [7, 11) is 0. The van der Waals surface area contributed by atoms with Crippen molar-refractivity contribution < 1.29 is 9.84 Å². The van der Waals surface area contributed by atoms with E-state index < -0.39 is 6.10 Å². The van der Waals surface area contributed by atoms with Gasteiger partial charge in [-0.1, -0.05) is 23.9 Å². The molecule has 0 aliphatic rings. The quantitative estimate of drug-likeness (QED) is 0.625. The third-order valence-corrected chi connectivity index (χ3v) is 5.32. The van der Waals surface area contributed by atoms with Crippen LogP contribution in [0.3, 0.4) is 0 Å². The van der Waals surface area contributed by atoms with E-state index in [1.54, 1.807) is 11.8 Å². The number of aromatic nitrogens is 3. The zero-order chi connectivity index (χ0) is 16.9. The Kier molecular flexibility index (Phi) is 5.49. The number of nitrogens with zero attached hydrogens (tertiary/aromatic N) is 3. The molecule has 0 saturated heterocycles. The first-order valence-corrected chi connectivity index (χ1v) is 9.47. The fourth-order valence-electron chi connectivity index (χ4n) is 2.12. The maximum Gasteiger partial charge on any atom is 0.176 e. The molecule has 0 radical (unpaired) electrons. The highest BCUT2D eigenvalue weighted by molar-refractivity contribution is 8.00. The molecule has 0 spiro atoms. The molecule has 0 amide bonds. The molecule has 24 heavy (non-hydrogen) atoms. The maximum absolute atomic E-state index is 10.1. The number of benzene rings is 1. The lowest BCUT2D eigenvalue weighted by molar-refractivity contribution is 0.117. The lowest BCUT2D eigenvalue weighted by atomic mass is 10.2. The van der Waals surface area contributed by atoms with Crippen molar-refractivity contribution >= 4 is 39.3 Å². The van der Waals surface area contributed by atoms with Gasteiger partial charge in [-0.05, 0) is 30.9 Å². The second kappa shape index (κ2) is 7.78. The zero-order valence-electron chi connectivity index (χ0n) is 13.4.